The van der Waals surface area contributed by atoms with Crippen LogP contribution in [0.2, 0.25) is 0 Å². The number of nitrogens with zero attached hydrogens (tertiary/aromatic N) is 3. The quantitative estimate of drug-likeness (QED) is 0.883. The minimum atomic E-state index is 0.393. The molecule has 1 aromatic rings. The van der Waals surface area contributed by atoms with E-state index in [4.69, 9.17) is 0 Å². The van der Waals surface area contributed by atoms with E-state index in [2.05, 4.69) is 43.0 Å². The first-order chi connectivity index (χ1) is 9.02. The molecule has 1 N–H and O–H groups in total. The second kappa shape index (κ2) is 6.06. The summed E-state index contributed by atoms with van der Waals surface area (Å²) in [5, 5.41) is 8.21. The van der Waals surface area contributed by atoms with Crippen LogP contribution in [0.1, 0.15) is 43.3 Å². The fraction of sp³-hybridized carbons (Fsp3) is 0.800. The summed E-state index contributed by atoms with van der Waals surface area (Å²) < 4.78 is 1.98. The standard InChI is InChI=1S/C15H28N4/c1-6-19-8-7-14(10-19)9-16-11(2)15-12(3)17-18(5)13(15)4/h11,14,16H,6-10H2,1-5H3. The maximum Gasteiger partial charge on any atom is 0.0644 e. The first-order valence-electron chi connectivity index (χ1n) is 7.48. The molecule has 2 atom stereocenters. The van der Waals surface area contributed by atoms with Crippen molar-refractivity contribution < 1.29 is 0 Å². The van der Waals surface area contributed by atoms with Crippen LogP contribution in [-0.4, -0.2) is 40.9 Å². The molecule has 2 rings (SSSR count). The van der Waals surface area contributed by atoms with E-state index in [0.717, 1.165) is 18.2 Å². The molecule has 1 aliphatic rings. The number of nitrogens with one attached hydrogen (secondary N) is 1. The molecule has 0 radical (unpaired) electrons. The normalized spacial score (nSPS) is 22.1. The van der Waals surface area contributed by atoms with E-state index in [9.17, 15) is 0 Å². The third-order valence-corrected chi connectivity index (χ3v) is 4.53. The Kier molecular flexibility index (Phi) is 4.63. The zero-order chi connectivity index (χ0) is 14.0. The van der Waals surface area contributed by atoms with Crippen LogP contribution in [0.25, 0.3) is 0 Å². The topological polar surface area (TPSA) is 33.1 Å². The highest BCUT2D eigenvalue weighted by Gasteiger charge is 2.22. The average molecular weight is 264 g/mol. The van der Waals surface area contributed by atoms with Gasteiger partial charge in [-0.2, -0.15) is 5.10 Å². The summed E-state index contributed by atoms with van der Waals surface area (Å²) in [4.78, 5) is 2.54. The van der Waals surface area contributed by atoms with E-state index < -0.39 is 0 Å². The molecule has 0 bridgehead atoms. The molecule has 19 heavy (non-hydrogen) atoms. The van der Waals surface area contributed by atoms with Gasteiger partial charge in [-0.3, -0.25) is 4.68 Å². The van der Waals surface area contributed by atoms with Gasteiger partial charge in [0.1, 0.15) is 0 Å². The minimum absolute atomic E-state index is 0.393. The van der Waals surface area contributed by atoms with Gasteiger partial charge < -0.3 is 10.2 Å². The van der Waals surface area contributed by atoms with Crippen molar-refractivity contribution >= 4 is 0 Å². The van der Waals surface area contributed by atoms with E-state index >= 15 is 0 Å². The van der Waals surface area contributed by atoms with Gasteiger partial charge >= 0.3 is 0 Å². The largest absolute Gasteiger partial charge is 0.310 e. The smallest absolute Gasteiger partial charge is 0.0644 e. The first-order valence-corrected chi connectivity index (χ1v) is 7.48. The predicted molar refractivity (Wildman–Crippen MR) is 79.3 cm³/mol. The molecule has 4 heteroatoms. The van der Waals surface area contributed by atoms with Crippen LogP contribution in [0.3, 0.4) is 0 Å². The molecule has 1 aliphatic heterocycles. The molecule has 0 aliphatic carbocycles. The van der Waals surface area contributed by atoms with E-state index in [-0.39, 0.29) is 0 Å². The van der Waals surface area contributed by atoms with E-state index in [1.165, 1.54) is 37.3 Å². The summed E-state index contributed by atoms with van der Waals surface area (Å²) in [5.41, 5.74) is 3.80. The number of hydrogen-bond acceptors (Lipinski definition) is 3. The molecule has 4 nitrogen and oxygen atoms in total. The van der Waals surface area contributed by atoms with Crippen molar-refractivity contribution in [2.75, 3.05) is 26.2 Å². The molecule has 1 fully saturated rings. The van der Waals surface area contributed by atoms with Gasteiger partial charge in [-0.05, 0) is 52.7 Å². The lowest BCUT2D eigenvalue weighted by atomic mass is 10.0. The highest BCUT2D eigenvalue weighted by Crippen LogP contribution is 2.22. The van der Waals surface area contributed by atoms with Gasteiger partial charge in [0.05, 0.1) is 5.69 Å². The number of aromatic nitrogens is 2. The second-order valence-electron chi connectivity index (χ2n) is 5.89. The summed E-state index contributed by atoms with van der Waals surface area (Å²) in [6.45, 7) is 13.6. The highest BCUT2D eigenvalue weighted by molar-refractivity contribution is 5.27. The van der Waals surface area contributed by atoms with Gasteiger partial charge in [-0.25, -0.2) is 0 Å². The van der Waals surface area contributed by atoms with Crippen LogP contribution < -0.4 is 5.32 Å². The van der Waals surface area contributed by atoms with Gasteiger partial charge in [0.25, 0.3) is 0 Å². The van der Waals surface area contributed by atoms with Gasteiger partial charge in [-0.15, -0.1) is 0 Å². The van der Waals surface area contributed by atoms with Gasteiger partial charge in [0.2, 0.25) is 0 Å². The molecule has 0 aromatic carbocycles. The summed E-state index contributed by atoms with van der Waals surface area (Å²) in [6, 6.07) is 0.393. The van der Waals surface area contributed by atoms with E-state index in [1.807, 2.05) is 11.7 Å². The van der Waals surface area contributed by atoms with Crippen LogP contribution in [0, 0.1) is 19.8 Å². The summed E-state index contributed by atoms with van der Waals surface area (Å²) in [7, 11) is 2.02. The van der Waals surface area contributed by atoms with Crippen molar-refractivity contribution in [1.82, 2.24) is 20.0 Å². The zero-order valence-corrected chi connectivity index (χ0v) is 13.0. The maximum atomic E-state index is 4.51. The lowest BCUT2D eigenvalue weighted by molar-refractivity contribution is 0.336. The van der Waals surface area contributed by atoms with Crippen molar-refractivity contribution in [3.63, 3.8) is 0 Å². The molecule has 1 aromatic heterocycles. The Balaban J connectivity index is 1.89. The zero-order valence-electron chi connectivity index (χ0n) is 13.0. The van der Waals surface area contributed by atoms with Crippen LogP contribution >= 0.6 is 0 Å². The molecule has 0 saturated carbocycles. The predicted octanol–water partition coefficient (Wildman–Crippen LogP) is 2.03. The molecule has 2 unspecified atom stereocenters. The van der Waals surface area contributed by atoms with E-state index in [0.29, 0.717) is 6.04 Å². The molecule has 0 spiro atoms. The van der Waals surface area contributed by atoms with Crippen molar-refractivity contribution in [3.05, 3.63) is 17.0 Å². The van der Waals surface area contributed by atoms with Crippen LogP contribution in [0.5, 0.6) is 0 Å². The van der Waals surface area contributed by atoms with Crippen LogP contribution in [0.15, 0.2) is 0 Å². The number of rotatable bonds is 5. The Morgan fingerprint density at radius 1 is 1.42 bits per heavy atom. The Hall–Kier alpha value is -0.870. The molecule has 108 valence electrons. The molecule has 0 amide bonds. The second-order valence-corrected chi connectivity index (χ2v) is 5.89. The molecule has 2 heterocycles. The lowest BCUT2D eigenvalue weighted by Crippen LogP contribution is -2.28. The van der Waals surface area contributed by atoms with Crippen molar-refractivity contribution in [1.29, 1.82) is 0 Å². The van der Waals surface area contributed by atoms with Gasteiger partial charge in [-0.1, -0.05) is 6.92 Å². The number of likely N-dealkylation sites (tertiary alicyclic amines) is 1. The Labute approximate surface area is 117 Å². The van der Waals surface area contributed by atoms with E-state index in [1.54, 1.807) is 0 Å². The summed E-state index contributed by atoms with van der Waals surface area (Å²) >= 11 is 0. The Morgan fingerprint density at radius 2 is 2.16 bits per heavy atom. The van der Waals surface area contributed by atoms with Crippen molar-refractivity contribution in [2.24, 2.45) is 13.0 Å². The summed E-state index contributed by atoms with van der Waals surface area (Å²) in [6.07, 6.45) is 1.33. The monoisotopic (exact) mass is 264 g/mol. The minimum Gasteiger partial charge on any atom is -0.310 e. The van der Waals surface area contributed by atoms with Gasteiger partial charge in [0.15, 0.2) is 0 Å². The Bertz CT molecular complexity index is 424. The van der Waals surface area contributed by atoms with Crippen LogP contribution in [-0.2, 0) is 7.05 Å². The maximum absolute atomic E-state index is 4.51. The highest BCUT2D eigenvalue weighted by atomic mass is 15.3. The van der Waals surface area contributed by atoms with Crippen LogP contribution in [0.4, 0.5) is 0 Å². The Morgan fingerprint density at radius 3 is 2.68 bits per heavy atom. The van der Waals surface area contributed by atoms with Crippen molar-refractivity contribution in [3.8, 4) is 0 Å². The number of hydrogen-bond donors (Lipinski definition) is 1. The first kappa shape index (κ1) is 14.5. The molecular weight excluding hydrogens is 236 g/mol. The van der Waals surface area contributed by atoms with Gasteiger partial charge in [0, 0.05) is 30.9 Å². The fourth-order valence-corrected chi connectivity index (χ4v) is 3.23. The third-order valence-electron chi connectivity index (χ3n) is 4.53. The molecular formula is C15H28N4. The SMILES string of the molecule is CCN1CCC(CNC(C)c2c(C)nn(C)c2C)C1. The lowest BCUT2D eigenvalue weighted by Gasteiger charge is -2.18. The third kappa shape index (κ3) is 3.18. The fourth-order valence-electron chi connectivity index (χ4n) is 3.23. The number of aryl methyl sites for hydroxylation is 2. The summed E-state index contributed by atoms with van der Waals surface area (Å²) in [5.74, 6) is 0.805. The average Bonchev–Trinajstić information content (AvgIpc) is 2.93. The molecule has 1 saturated heterocycles. The van der Waals surface area contributed by atoms with Crippen molar-refractivity contribution in [2.45, 2.75) is 40.2 Å².